The van der Waals surface area contributed by atoms with Crippen molar-refractivity contribution in [2.45, 2.75) is 59.7 Å². The molecule has 0 bridgehead atoms. The number of amides is 1. The van der Waals surface area contributed by atoms with Crippen molar-refractivity contribution >= 4 is 36.0 Å². The number of halogens is 1. The molecule has 1 heterocycles. The van der Waals surface area contributed by atoms with Crippen LogP contribution in [0.1, 0.15) is 47.2 Å². The highest BCUT2D eigenvalue weighted by Gasteiger charge is 2.21. The first-order chi connectivity index (χ1) is 12.2. The lowest BCUT2D eigenvalue weighted by atomic mass is 10.0. The Hall–Kier alpha value is -1.58. The maximum Gasteiger partial charge on any atom is 0.407 e. The fraction of sp³-hybridized carbons (Fsp3) is 0.632. The molecule has 0 radical (unpaired) electrons. The minimum atomic E-state index is -0.516. The lowest BCUT2D eigenvalue weighted by Gasteiger charge is -2.26. The molecule has 154 valence electrons. The Kier molecular flexibility index (Phi) is 12.0. The number of nitrogens with zero attached hydrogens (tertiary/aromatic N) is 2. The monoisotopic (exact) mass is 491 g/mol. The molecule has 7 nitrogen and oxygen atoms in total. The van der Waals surface area contributed by atoms with Crippen LogP contribution in [0.5, 0.6) is 0 Å². The summed E-state index contributed by atoms with van der Waals surface area (Å²) in [7, 11) is 0. The third kappa shape index (κ3) is 11.7. The van der Waals surface area contributed by atoms with Gasteiger partial charge in [-0.25, -0.2) is 9.79 Å². The predicted octanol–water partition coefficient (Wildman–Crippen LogP) is 3.30. The Balaban J connectivity index is 0.00000676. The van der Waals surface area contributed by atoms with Crippen LogP contribution < -0.4 is 16.0 Å². The molecule has 0 aliphatic carbocycles. The van der Waals surface area contributed by atoms with E-state index in [1.807, 2.05) is 45.9 Å². The first-order valence-electron chi connectivity index (χ1n) is 9.13. The maximum absolute atomic E-state index is 12.0. The van der Waals surface area contributed by atoms with Crippen molar-refractivity contribution in [2.75, 3.05) is 13.1 Å². The molecule has 0 aromatic carbocycles. The zero-order chi connectivity index (χ0) is 19.6. The SMILES string of the molecule is CCNC(=NCc1ccccn1)NCC(NC(=O)OC(C)(C)C)C(C)C.I. The molecule has 8 heteroatoms. The molecule has 1 unspecified atom stereocenters. The largest absolute Gasteiger partial charge is 0.444 e. The average Bonchev–Trinajstić information content (AvgIpc) is 2.55. The van der Waals surface area contributed by atoms with E-state index in [1.54, 1.807) is 6.20 Å². The van der Waals surface area contributed by atoms with Gasteiger partial charge in [0, 0.05) is 19.3 Å². The number of aliphatic imine (C=N–C) groups is 1. The number of carbonyl (C=O) groups excluding carboxylic acids is 1. The fourth-order valence-electron chi connectivity index (χ4n) is 2.11. The fourth-order valence-corrected chi connectivity index (χ4v) is 2.11. The summed E-state index contributed by atoms with van der Waals surface area (Å²) in [4.78, 5) is 20.9. The van der Waals surface area contributed by atoms with Crippen molar-refractivity contribution in [2.24, 2.45) is 10.9 Å². The number of hydrogen-bond acceptors (Lipinski definition) is 4. The highest BCUT2D eigenvalue weighted by atomic mass is 127. The average molecular weight is 491 g/mol. The summed E-state index contributed by atoms with van der Waals surface area (Å²) in [6.07, 6.45) is 1.35. The highest BCUT2D eigenvalue weighted by Crippen LogP contribution is 2.08. The van der Waals surface area contributed by atoms with Crippen LogP contribution in [-0.2, 0) is 11.3 Å². The Morgan fingerprint density at radius 2 is 1.96 bits per heavy atom. The predicted molar refractivity (Wildman–Crippen MR) is 120 cm³/mol. The molecular weight excluding hydrogens is 457 g/mol. The molecule has 0 spiro atoms. The van der Waals surface area contributed by atoms with E-state index in [-0.39, 0.29) is 35.9 Å². The zero-order valence-corrected chi connectivity index (χ0v) is 19.5. The van der Waals surface area contributed by atoms with Gasteiger partial charge in [-0.15, -0.1) is 24.0 Å². The van der Waals surface area contributed by atoms with Crippen molar-refractivity contribution in [1.82, 2.24) is 20.9 Å². The van der Waals surface area contributed by atoms with Gasteiger partial charge in [0.15, 0.2) is 5.96 Å². The minimum Gasteiger partial charge on any atom is -0.444 e. The van der Waals surface area contributed by atoms with Crippen LogP contribution in [0.15, 0.2) is 29.4 Å². The van der Waals surface area contributed by atoms with Gasteiger partial charge in [-0.1, -0.05) is 19.9 Å². The van der Waals surface area contributed by atoms with Gasteiger partial charge in [-0.2, -0.15) is 0 Å². The van der Waals surface area contributed by atoms with Crippen LogP contribution in [-0.4, -0.2) is 41.8 Å². The third-order valence-corrected chi connectivity index (χ3v) is 3.47. The van der Waals surface area contributed by atoms with Crippen LogP contribution in [0.2, 0.25) is 0 Å². The molecule has 1 atom stereocenters. The molecule has 1 aromatic heterocycles. The molecule has 1 rings (SSSR count). The molecular formula is C19H34IN5O2. The van der Waals surface area contributed by atoms with Gasteiger partial charge < -0.3 is 20.7 Å². The van der Waals surface area contributed by atoms with E-state index in [4.69, 9.17) is 4.74 Å². The quantitative estimate of drug-likeness (QED) is 0.310. The Morgan fingerprint density at radius 3 is 2.48 bits per heavy atom. The summed E-state index contributed by atoms with van der Waals surface area (Å²) in [5, 5.41) is 9.41. The van der Waals surface area contributed by atoms with Crippen molar-refractivity contribution in [3.63, 3.8) is 0 Å². The lowest BCUT2D eigenvalue weighted by molar-refractivity contribution is 0.0491. The third-order valence-electron chi connectivity index (χ3n) is 3.47. The summed E-state index contributed by atoms with van der Waals surface area (Å²) in [6, 6.07) is 5.68. The van der Waals surface area contributed by atoms with E-state index in [1.165, 1.54) is 0 Å². The van der Waals surface area contributed by atoms with Crippen LogP contribution in [0.3, 0.4) is 0 Å². The zero-order valence-electron chi connectivity index (χ0n) is 17.2. The first-order valence-corrected chi connectivity index (χ1v) is 9.13. The minimum absolute atomic E-state index is 0. The smallest absolute Gasteiger partial charge is 0.407 e. The topological polar surface area (TPSA) is 87.6 Å². The first kappa shape index (κ1) is 25.4. The normalized spacial score (nSPS) is 12.8. The Bertz CT molecular complexity index is 573. The van der Waals surface area contributed by atoms with Crippen molar-refractivity contribution in [1.29, 1.82) is 0 Å². The summed E-state index contributed by atoms with van der Waals surface area (Å²) < 4.78 is 5.35. The van der Waals surface area contributed by atoms with E-state index >= 15 is 0 Å². The summed E-state index contributed by atoms with van der Waals surface area (Å²) in [5.74, 6) is 0.934. The number of aromatic nitrogens is 1. The van der Waals surface area contributed by atoms with E-state index < -0.39 is 11.7 Å². The lowest BCUT2D eigenvalue weighted by Crippen LogP contribution is -2.50. The number of alkyl carbamates (subject to hydrolysis) is 1. The molecule has 3 N–H and O–H groups in total. The number of nitrogens with one attached hydrogen (secondary N) is 3. The number of rotatable bonds is 7. The van der Waals surface area contributed by atoms with Gasteiger partial charge in [0.2, 0.25) is 0 Å². The number of guanidine groups is 1. The maximum atomic E-state index is 12.0. The van der Waals surface area contributed by atoms with E-state index in [0.29, 0.717) is 19.0 Å². The summed E-state index contributed by atoms with van der Waals surface area (Å²) >= 11 is 0. The second-order valence-corrected chi connectivity index (χ2v) is 7.39. The van der Waals surface area contributed by atoms with Crippen LogP contribution >= 0.6 is 24.0 Å². The number of carbonyl (C=O) groups is 1. The van der Waals surface area contributed by atoms with Gasteiger partial charge >= 0.3 is 6.09 Å². The standard InChI is InChI=1S/C19H33N5O2.HI/c1-7-20-17(22-12-15-10-8-9-11-21-15)23-13-16(14(2)3)24-18(25)26-19(4,5)6;/h8-11,14,16H,7,12-13H2,1-6H3,(H,24,25)(H2,20,22,23);1H. The van der Waals surface area contributed by atoms with E-state index in [9.17, 15) is 4.79 Å². The highest BCUT2D eigenvalue weighted by molar-refractivity contribution is 14.0. The van der Waals surface area contributed by atoms with Gasteiger partial charge in [0.1, 0.15) is 5.60 Å². The van der Waals surface area contributed by atoms with Gasteiger partial charge in [0.25, 0.3) is 0 Å². The second kappa shape index (κ2) is 12.7. The van der Waals surface area contributed by atoms with Crippen molar-refractivity contribution in [3.05, 3.63) is 30.1 Å². The van der Waals surface area contributed by atoms with Gasteiger partial charge in [-0.05, 0) is 45.7 Å². The Morgan fingerprint density at radius 1 is 1.26 bits per heavy atom. The van der Waals surface area contributed by atoms with E-state index in [0.717, 1.165) is 12.2 Å². The second-order valence-electron chi connectivity index (χ2n) is 7.39. The molecule has 1 amide bonds. The Labute approximate surface area is 180 Å². The van der Waals surface area contributed by atoms with E-state index in [2.05, 4.69) is 39.8 Å². The van der Waals surface area contributed by atoms with Crippen LogP contribution in [0.25, 0.3) is 0 Å². The van der Waals surface area contributed by atoms with Crippen LogP contribution in [0, 0.1) is 5.92 Å². The van der Waals surface area contributed by atoms with Crippen LogP contribution in [0.4, 0.5) is 4.79 Å². The van der Waals surface area contributed by atoms with Gasteiger partial charge in [-0.3, -0.25) is 4.98 Å². The number of hydrogen-bond donors (Lipinski definition) is 3. The van der Waals surface area contributed by atoms with Crippen molar-refractivity contribution in [3.8, 4) is 0 Å². The molecule has 27 heavy (non-hydrogen) atoms. The molecule has 0 fully saturated rings. The number of pyridine rings is 1. The molecule has 1 aromatic rings. The molecule has 0 aliphatic rings. The van der Waals surface area contributed by atoms with Gasteiger partial charge in [0.05, 0.1) is 18.3 Å². The van der Waals surface area contributed by atoms with Crippen molar-refractivity contribution < 1.29 is 9.53 Å². The molecule has 0 aliphatic heterocycles. The summed E-state index contributed by atoms with van der Waals surface area (Å²) in [6.45, 7) is 13.5. The summed E-state index contributed by atoms with van der Waals surface area (Å²) in [5.41, 5.74) is 0.384. The molecule has 0 saturated carbocycles. The molecule has 0 saturated heterocycles. The number of ether oxygens (including phenoxy) is 1.